The summed E-state index contributed by atoms with van der Waals surface area (Å²) in [5.74, 6) is -1.65. The van der Waals surface area contributed by atoms with Gasteiger partial charge >= 0.3 is 5.97 Å². The van der Waals surface area contributed by atoms with Gasteiger partial charge in [0.2, 0.25) is 22.6 Å². The number of rotatable bonds is 15. The Labute approximate surface area is 247 Å². The van der Waals surface area contributed by atoms with E-state index in [2.05, 4.69) is 0 Å². The van der Waals surface area contributed by atoms with E-state index < -0.39 is 39.7 Å². The normalized spacial score (nSPS) is 20.3. The maximum absolute atomic E-state index is 14.9. The van der Waals surface area contributed by atoms with Crippen LogP contribution in [0.25, 0.3) is 0 Å². The van der Waals surface area contributed by atoms with Gasteiger partial charge in [0.15, 0.2) is 23.1 Å². The summed E-state index contributed by atoms with van der Waals surface area (Å²) < 4.78 is 64.6. The molecule has 10 nitrogen and oxygen atoms in total. The smallest absolute Gasteiger partial charge is 0.309 e. The standard InChI is InChI=1S/C30H41FN2O8S/c1-5-7-8-14-42(36,37)33(11-6-2)13-12-32-18-22(21-16-25(39-4)29-26(17-21)40-19-41-29)27(30(34)35)28(32)20-9-10-24(38-3)23(31)15-20/h9-10,15-17,22,27-28H,5-8,11-14,18-19H2,1-4H3,(H,34,35)/t22-,27+,28-/m1/s1. The summed E-state index contributed by atoms with van der Waals surface area (Å²) >= 11 is 0. The van der Waals surface area contributed by atoms with E-state index in [1.165, 1.54) is 30.7 Å². The molecule has 2 aliphatic rings. The van der Waals surface area contributed by atoms with E-state index in [9.17, 15) is 22.7 Å². The van der Waals surface area contributed by atoms with Crippen molar-refractivity contribution in [2.45, 2.75) is 51.5 Å². The number of carbonyl (C=O) groups is 1. The number of nitrogens with zero attached hydrogens (tertiary/aromatic N) is 2. The quantitative estimate of drug-likeness (QED) is 0.289. The summed E-state index contributed by atoms with van der Waals surface area (Å²) in [6.07, 6.45) is 2.99. The Bertz CT molecular complexity index is 1360. The second kappa shape index (κ2) is 13.9. The lowest BCUT2D eigenvalue weighted by Crippen LogP contribution is -2.40. The maximum atomic E-state index is 14.9. The molecule has 2 aliphatic heterocycles. The van der Waals surface area contributed by atoms with Crippen LogP contribution in [0.4, 0.5) is 4.39 Å². The van der Waals surface area contributed by atoms with E-state index in [4.69, 9.17) is 18.9 Å². The van der Waals surface area contributed by atoms with Gasteiger partial charge in [-0.15, -0.1) is 0 Å². The van der Waals surface area contributed by atoms with E-state index in [0.29, 0.717) is 54.3 Å². The van der Waals surface area contributed by atoms with E-state index in [1.807, 2.05) is 18.7 Å². The monoisotopic (exact) mass is 608 g/mol. The average molecular weight is 609 g/mol. The van der Waals surface area contributed by atoms with Crippen molar-refractivity contribution in [1.29, 1.82) is 0 Å². The van der Waals surface area contributed by atoms with Crippen LogP contribution in [0, 0.1) is 11.7 Å². The molecular formula is C30H41FN2O8S. The number of hydrogen-bond donors (Lipinski definition) is 1. The molecule has 0 spiro atoms. The van der Waals surface area contributed by atoms with Crippen LogP contribution in [0.2, 0.25) is 0 Å². The molecule has 2 aromatic rings. The number of methoxy groups -OCH3 is 2. The molecule has 1 N–H and O–H groups in total. The van der Waals surface area contributed by atoms with Crippen molar-refractivity contribution in [1.82, 2.24) is 9.21 Å². The first-order chi connectivity index (χ1) is 20.1. The summed E-state index contributed by atoms with van der Waals surface area (Å²) in [7, 11) is -0.621. The van der Waals surface area contributed by atoms with Crippen molar-refractivity contribution >= 4 is 16.0 Å². The van der Waals surface area contributed by atoms with Crippen molar-refractivity contribution in [2.24, 2.45) is 5.92 Å². The Hall–Kier alpha value is -3.09. The number of benzene rings is 2. The highest BCUT2D eigenvalue weighted by atomic mass is 32.2. The predicted octanol–water partition coefficient (Wildman–Crippen LogP) is 4.64. The molecule has 1 saturated heterocycles. The molecule has 0 bridgehead atoms. The van der Waals surface area contributed by atoms with Gasteiger partial charge in [0, 0.05) is 38.1 Å². The molecule has 1 fully saturated rings. The second-order valence-electron chi connectivity index (χ2n) is 10.7. The number of halogens is 1. The minimum atomic E-state index is -3.49. The molecule has 0 radical (unpaired) electrons. The number of carboxylic acid groups (broad SMARTS) is 1. The molecule has 0 amide bonds. The third-order valence-corrected chi connectivity index (χ3v) is 9.98. The molecule has 12 heteroatoms. The largest absolute Gasteiger partial charge is 0.494 e. The van der Waals surface area contributed by atoms with E-state index >= 15 is 0 Å². The van der Waals surface area contributed by atoms with Crippen LogP contribution in [0.3, 0.4) is 0 Å². The van der Waals surface area contributed by atoms with Gasteiger partial charge < -0.3 is 24.1 Å². The van der Waals surface area contributed by atoms with Crippen molar-refractivity contribution in [3.63, 3.8) is 0 Å². The van der Waals surface area contributed by atoms with Gasteiger partial charge in [-0.25, -0.2) is 17.1 Å². The lowest BCUT2D eigenvalue weighted by Gasteiger charge is -2.30. The first-order valence-corrected chi connectivity index (χ1v) is 16.0. The Morgan fingerprint density at radius 3 is 2.45 bits per heavy atom. The molecule has 2 heterocycles. The van der Waals surface area contributed by atoms with Gasteiger partial charge in [-0.1, -0.05) is 32.8 Å². The molecule has 42 heavy (non-hydrogen) atoms. The number of aliphatic carboxylic acids is 1. The fourth-order valence-electron chi connectivity index (χ4n) is 5.97. The summed E-state index contributed by atoms with van der Waals surface area (Å²) in [5, 5.41) is 10.6. The topological polar surface area (TPSA) is 115 Å². The number of hydrogen-bond acceptors (Lipinski definition) is 8. The third-order valence-electron chi connectivity index (χ3n) is 8.02. The minimum Gasteiger partial charge on any atom is -0.494 e. The van der Waals surface area contributed by atoms with Crippen LogP contribution < -0.4 is 18.9 Å². The van der Waals surface area contributed by atoms with Gasteiger partial charge in [-0.3, -0.25) is 9.69 Å². The number of ether oxygens (including phenoxy) is 4. The molecular weight excluding hydrogens is 567 g/mol. The Kier molecular flexibility index (Phi) is 10.6. The Balaban J connectivity index is 1.71. The molecule has 0 unspecified atom stereocenters. The Morgan fingerprint density at radius 1 is 1.05 bits per heavy atom. The van der Waals surface area contributed by atoms with Gasteiger partial charge in [0.1, 0.15) is 0 Å². The highest BCUT2D eigenvalue weighted by molar-refractivity contribution is 7.89. The summed E-state index contributed by atoms with van der Waals surface area (Å²) in [6, 6.07) is 7.26. The highest BCUT2D eigenvalue weighted by Crippen LogP contribution is 2.50. The van der Waals surface area contributed by atoms with Crippen molar-refractivity contribution in [3.05, 3.63) is 47.3 Å². The van der Waals surface area contributed by atoms with Crippen molar-refractivity contribution in [2.75, 3.05) is 52.9 Å². The first-order valence-electron chi connectivity index (χ1n) is 14.4. The van der Waals surface area contributed by atoms with Gasteiger partial charge in [0.25, 0.3) is 0 Å². The number of unbranched alkanes of at least 4 members (excludes halogenated alkanes) is 2. The third kappa shape index (κ3) is 6.76. The zero-order valence-electron chi connectivity index (χ0n) is 24.7. The molecule has 3 atom stereocenters. The Morgan fingerprint density at radius 2 is 1.81 bits per heavy atom. The van der Waals surface area contributed by atoms with Crippen LogP contribution in [0.5, 0.6) is 23.0 Å². The minimum absolute atomic E-state index is 0.0298. The van der Waals surface area contributed by atoms with E-state index in [1.54, 1.807) is 18.2 Å². The SMILES string of the molecule is CCCCCS(=O)(=O)N(CCC)CCN1C[C@H](c2cc(OC)c3c(c2)OCO3)[C@H](C(=O)O)[C@H]1c1ccc(OC)c(F)c1. The number of sulfonamides is 1. The molecule has 0 saturated carbocycles. The molecule has 0 aromatic heterocycles. The fourth-order valence-corrected chi connectivity index (χ4v) is 7.62. The lowest BCUT2D eigenvalue weighted by molar-refractivity contribution is -0.143. The van der Waals surface area contributed by atoms with Crippen molar-refractivity contribution in [3.8, 4) is 23.0 Å². The number of fused-ring (bicyclic) bond motifs is 1. The van der Waals surface area contributed by atoms with E-state index in [0.717, 1.165) is 12.8 Å². The number of likely N-dealkylation sites (tertiary alicyclic amines) is 1. The predicted molar refractivity (Wildman–Crippen MR) is 155 cm³/mol. The zero-order valence-corrected chi connectivity index (χ0v) is 25.5. The molecule has 0 aliphatic carbocycles. The molecule has 232 valence electrons. The van der Waals surface area contributed by atoms with E-state index in [-0.39, 0.29) is 31.4 Å². The average Bonchev–Trinajstić information content (AvgIpc) is 3.59. The number of carboxylic acids is 1. The van der Waals surface area contributed by atoms with Gasteiger partial charge in [-0.2, -0.15) is 0 Å². The van der Waals surface area contributed by atoms with Gasteiger partial charge in [0.05, 0.1) is 25.9 Å². The van der Waals surface area contributed by atoms with Crippen LogP contribution in [-0.4, -0.2) is 81.6 Å². The highest BCUT2D eigenvalue weighted by Gasteiger charge is 2.48. The second-order valence-corrected chi connectivity index (χ2v) is 12.8. The maximum Gasteiger partial charge on any atom is 0.309 e. The summed E-state index contributed by atoms with van der Waals surface area (Å²) in [6.45, 7) is 5.12. The van der Waals surface area contributed by atoms with Gasteiger partial charge in [-0.05, 0) is 48.2 Å². The lowest BCUT2D eigenvalue weighted by atomic mass is 9.82. The van der Waals surface area contributed by atoms with Crippen LogP contribution in [0.1, 0.15) is 62.6 Å². The van der Waals surface area contributed by atoms with Crippen LogP contribution in [-0.2, 0) is 14.8 Å². The van der Waals surface area contributed by atoms with Crippen molar-refractivity contribution < 1.29 is 41.7 Å². The fraction of sp³-hybridized carbons (Fsp3) is 0.567. The summed E-state index contributed by atoms with van der Waals surface area (Å²) in [4.78, 5) is 14.9. The van der Waals surface area contributed by atoms with Crippen LogP contribution >= 0.6 is 0 Å². The summed E-state index contributed by atoms with van der Waals surface area (Å²) in [5.41, 5.74) is 1.16. The molecule has 4 rings (SSSR count). The van der Waals surface area contributed by atoms with Crippen LogP contribution in [0.15, 0.2) is 30.3 Å². The molecule has 2 aromatic carbocycles. The zero-order chi connectivity index (χ0) is 30.4. The first kappa shape index (κ1) is 31.8.